The SMILES string of the molecule is CCC(C)(Sc1ccc(N)cc1F)C(=O)O. The zero-order chi connectivity index (χ0) is 12.3. The number of halogens is 1. The summed E-state index contributed by atoms with van der Waals surface area (Å²) < 4.78 is 12.5. The zero-order valence-electron chi connectivity index (χ0n) is 9.16. The molecule has 1 atom stereocenters. The standard InChI is InChI=1S/C11H14FNO2S/c1-3-11(2,10(14)15)16-9-5-4-7(13)6-8(9)12/h4-6H,3,13H2,1-2H3,(H,14,15). The Bertz CT molecular complexity index is 411. The van der Waals surface area contributed by atoms with E-state index in [0.717, 1.165) is 11.8 Å². The van der Waals surface area contributed by atoms with Crippen molar-refractivity contribution in [2.45, 2.75) is 29.9 Å². The van der Waals surface area contributed by atoms with Gasteiger partial charge < -0.3 is 10.8 Å². The van der Waals surface area contributed by atoms with E-state index in [9.17, 15) is 9.18 Å². The number of carbonyl (C=O) groups is 1. The minimum Gasteiger partial charge on any atom is -0.480 e. The van der Waals surface area contributed by atoms with Gasteiger partial charge in [-0.1, -0.05) is 6.92 Å². The third kappa shape index (κ3) is 2.66. The number of aliphatic carboxylic acids is 1. The summed E-state index contributed by atoms with van der Waals surface area (Å²) >= 11 is 1.00. The molecule has 0 saturated carbocycles. The molecule has 0 radical (unpaired) electrons. The molecule has 1 unspecified atom stereocenters. The van der Waals surface area contributed by atoms with Crippen LogP contribution in [0.15, 0.2) is 23.1 Å². The lowest BCUT2D eigenvalue weighted by molar-refractivity contribution is -0.139. The molecule has 0 heterocycles. The number of rotatable bonds is 4. The van der Waals surface area contributed by atoms with Gasteiger partial charge in [-0.15, -0.1) is 11.8 Å². The highest BCUT2D eigenvalue weighted by molar-refractivity contribution is 8.01. The normalized spacial score (nSPS) is 14.4. The van der Waals surface area contributed by atoms with Crippen LogP contribution in [0.25, 0.3) is 0 Å². The molecule has 1 aromatic rings. The van der Waals surface area contributed by atoms with Crippen LogP contribution < -0.4 is 5.73 Å². The first-order chi connectivity index (χ1) is 7.39. The Morgan fingerprint density at radius 3 is 2.69 bits per heavy atom. The fourth-order valence-corrected chi connectivity index (χ4v) is 2.12. The maximum absolute atomic E-state index is 13.5. The van der Waals surface area contributed by atoms with Crippen molar-refractivity contribution >= 4 is 23.4 Å². The molecule has 0 aromatic heterocycles. The Hall–Kier alpha value is -1.23. The molecule has 0 aliphatic heterocycles. The van der Waals surface area contributed by atoms with Gasteiger partial charge in [0.1, 0.15) is 10.6 Å². The molecule has 0 saturated heterocycles. The topological polar surface area (TPSA) is 63.3 Å². The minimum absolute atomic E-state index is 0.306. The van der Waals surface area contributed by atoms with Crippen molar-refractivity contribution < 1.29 is 14.3 Å². The number of nitrogen functional groups attached to an aromatic ring is 1. The Morgan fingerprint density at radius 2 is 2.25 bits per heavy atom. The second-order valence-corrected chi connectivity index (χ2v) is 5.23. The summed E-state index contributed by atoms with van der Waals surface area (Å²) in [4.78, 5) is 11.4. The summed E-state index contributed by atoms with van der Waals surface area (Å²) in [7, 11) is 0. The smallest absolute Gasteiger partial charge is 0.319 e. The predicted octanol–water partition coefficient (Wildman–Crippen LogP) is 2.75. The number of hydrogen-bond donors (Lipinski definition) is 2. The lowest BCUT2D eigenvalue weighted by atomic mass is 10.1. The van der Waals surface area contributed by atoms with Crippen LogP contribution in [0.3, 0.4) is 0 Å². The van der Waals surface area contributed by atoms with Crippen LogP contribution in [-0.2, 0) is 4.79 Å². The van der Waals surface area contributed by atoms with E-state index in [0.29, 0.717) is 17.0 Å². The van der Waals surface area contributed by atoms with Gasteiger partial charge in [-0.25, -0.2) is 4.39 Å². The Morgan fingerprint density at radius 1 is 1.62 bits per heavy atom. The molecule has 3 N–H and O–H groups in total. The highest BCUT2D eigenvalue weighted by atomic mass is 32.2. The summed E-state index contributed by atoms with van der Waals surface area (Å²) in [6.45, 7) is 3.34. The van der Waals surface area contributed by atoms with E-state index in [1.165, 1.54) is 12.1 Å². The number of carboxylic acid groups (broad SMARTS) is 1. The fraction of sp³-hybridized carbons (Fsp3) is 0.364. The van der Waals surface area contributed by atoms with Gasteiger partial charge in [0.25, 0.3) is 0 Å². The molecule has 0 fully saturated rings. The number of carboxylic acids is 1. The molecular weight excluding hydrogens is 229 g/mol. The molecule has 16 heavy (non-hydrogen) atoms. The van der Waals surface area contributed by atoms with Gasteiger partial charge in [-0.3, -0.25) is 4.79 Å². The van der Waals surface area contributed by atoms with Crippen molar-refractivity contribution in [3.63, 3.8) is 0 Å². The lowest BCUT2D eigenvalue weighted by Gasteiger charge is -2.22. The van der Waals surface area contributed by atoms with E-state index >= 15 is 0 Å². The Balaban J connectivity index is 2.99. The Kier molecular flexibility index (Phi) is 3.80. The summed E-state index contributed by atoms with van der Waals surface area (Å²) in [5.74, 6) is -1.43. The minimum atomic E-state index is -1.02. The quantitative estimate of drug-likeness (QED) is 0.630. The second kappa shape index (κ2) is 4.74. The molecule has 3 nitrogen and oxygen atoms in total. The molecule has 0 aliphatic carbocycles. The van der Waals surface area contributed by atoms with Gasteiger partial charge in [0, 0.05) is 10.6 Å². The van der Waals surface area contributed by atoms with Crippen molar-refractivity contribution in [3.8, 4) is 0 Å². The van der Waals surface area contributed by atoms with Crippen LogP contribution in [-0.4, -0.2) is 15.8 Å². The van der Waals surface area contributed by atoms with E-state index < -0.39 is 16.5 Å². The number of thioether (sulfide) groups is 1. The molecule has 0 spiro atoms. The number of anilines is 1. The summed E-state index contributed by atoms with van der Waals surface area (Å²) in [5, 5.41) is 9.07. The van der Waals surface area contributed by atoms with Crippen LogP contribution in [0.2, 0.25) is 0 Å². The maximum Gasteiger partial charge on any atom is 0.319 e. The van der Waals surface area contributed by atoms with Crippen molar-refractivity contribution in [2.75, 3.05) is 5.73 Å². The van der Waals surface area contributed by atoms with Gasteiger partial charge in [0.2, 0.25) is 0 Å². The average molecular weight is 243 g/mol. The van der Waals surface area contributed by atoms with Crippen LogP contribution >= 0.6 is 11.8 Å². The fourth-order valence-electron chi connectivity index (χ4n) is 1.11. The number of nitrogens with two attached hydrogens (primary N) is 1. The van der Waals surface area contributed by atoms with E-state index in [4.69, 9.17) is 10.8 Å². The molecule has 5 heteroatoms. The van der Waals surface area contributed by atoms with Crippen LogP contribution in [0.1, 0.15) is 20.3 Å². The van der Waals surface area contributed by atoms with Crippen LogP contribution in [0, 0.1) is 5.82 Å². The van der Waals surface area contributed by atoms with Crippen molar-refractivity contribution in [1.82, 2.24) is 0 Å². The van der Waals surface area contributed by atoms with E-state index in [2.05, 4.69) is 0 Å². The third-order valence-electron chi connectivity index (χ3n) is 2.42. The first kappa shape index (κ1) is 12.8. The largest absolute Gasteiger partial charge is 0.480 e. The van der Waals surface area contributed by atoms with Gasteiger partial charge in [0.15, 0.2) is 0 Å². The molecule has 0 bridgehead atoms. The average Bonchev–Trinajstić information content (AvgIpc) is 2.22. The van der Waals surface area contributed by atoms with Crippen molar-refractivity contribution in [3.05, 3.63) is 24.0 Å². The molecular formula is C11H14FNO2S. The van der Waals surface area contributed by atoms with Gasteiger partial charge in [-0.05, 0) is 31.5 Å². The first-order valence-corrected chi connectivity index (χ1v) is 5.68. The van der Waals surface area contributed by atoms with E-state index in [1.54, 1.807) is 19.9 Å². The summed E-state index contributed by atoms with van der Waals surface area (Å²) in [6.07, 6.45) is 0.414. The number of benzene rings is 1. The highest BCUT2D eigenvalue weighted by Gasteiger charge is 2.33. The first-order valence-electron chi connectivity index (χ1n) is 4.86. The van der Waals surface area contributed by atoms with Gasteiger partial charge in [0.05, 0.1) is 0 Å². The second-order valence-electron chi connectivity index (χ2n) is 3.68. The maximum atomic E-state index is 13.5. The summed E-state index contributed by atoms with van der Waals surface area (Å²) in [6, 6.07) is 4.26. The van der Waals surface area contributed by atoms with Crippen molar-refractivity contribution in [2.24, 2.45) is 0 Å². The lowest BCUT2D eigenvalue weighted by Crippen LogP contribution is -2.30. The monoisotopic (exact) mass is 243 g/mol. The van der Waals surface area contributed by atoms with E-state index in [1.807, 2.05) is 0 Å². The number of hydrogen-bond acceptors (Lipinski definition) is 3. The third-order valence-corrected chi connectivity index (χ3v) is 3.88. The predicted molar refractivity (Wildman–Crippen MR) is 63.0 cm³/mol. The molecule has 0 amide bonds. The molecule has 0 aliphatic rings. The summed E-state index contributed by atoms with van der Waals surface area (Å²) in [5.41, 5.74) is 5.75. The Labute approximate surface area is 97.8 Å². The van der Waals surface area contributed by atoms with Gasteiger partial charge in [-0.2, -0.15) is 0 Å². The van der Waals surface area contributed by atoms with Crippen LogP contribution in [0.5, 0.6) is 0 Å². The van der Waals surface area contributed by atoms with Crippen LogP contribution in [0.4, 0.5) is 10.1 Å². The van der Waals surface area contributed by atoms with E-state index in [-0.39, 0.29) is 0 Å². The highest BCUT2D eigenvalue weighted by Crippen LogP contribution is 2.37. The van der Waals surface area contributed by atoms with Crippen molar-refractivity contribution in [1.29, 1.82) is 0 Å². The molecule has 88 valence electrons. The molecule has 1 aromatic carbocycles. The molecule has 1 rings (SSSR count). The van der Waals surface area contributed by atoms with Gasteiger partial charge >= 0.3 is 5.97 Å². The zero-order valence-corrected chi connectivity index (χ0v) is 9.97.